The third-order valence-electron chi connectivity index (χ3n) is 4.23. The van der Waals surface area contributed by atoms with Gasteiger partial charge in [0.2, 0.25) is 0 Å². The number of unbranched alkanes of at least 4 members (excludes halogenated alkanes) is 1. The average molecular weight is 389 g/mol. The molecule has 1 heterocycles. The Morgan fingerprint density at radius 2 is 1.96 bits per heavy atom. The standard InChI is InChI=1S/C21H28N2O3S/c1-7-8-9-16-13-23(21(3,4)5)27-20(16)22-19(25)17-12-15(14(2)24)10-11-18(17)26-6/h10-13H,7-9H2,1-6H3. The number of hydrogen-bond acceptors (Lipinski definition) is 4. The van der Waals surface area contributed by atoms with Gasteiger partial charge in [-0.1, -0.05) is 13.3 Å². The number of hydrogen-bond donors (Lipinski definition) is 0. The van der Waals surface area contributed by atoms with Crippen LogP contribution in [0.25, 0.3) is 0 Å². The lowest BCUT2D eigenvalue weighted by molar-refractivity contribution is 0.0996. The van der Waals surface area contributed by atoms with Crippen LogP contribution in [0.3, 0.4) is 0 Å². The van der Waals surface area contributed by atoms with E-state index in [1.54, 1.807) is 18.2 Å². The molecule has 0 bridgehead atoms. The highest BCUT2D eigenvalue weighted by atomic mass is 32.1. The van der Waals surface area contributed by atoms with E-state index in [4.69, 9.17) is 4.74 Å². The molecule has 1 amide bonds. The zero-order valence-corrected chi connectivity index (χ0v) is 17.8. The maximum Gasteiger partial charge on any atom is 0.282 e. The van der Waals surface area contributed by atoms with Crippen LogP contribution < -0.4 is 9.41 Å². The maximum absolute atomic E-state index is 12.9. The molecule has 2 rings (SSSR count). The van der Waals surface area contributed by atoms with Crippen molar-refractivity contribution in [3.8, 4) is 5.75 Å². The zero-order valence-electron chi connectivity index (χ0n) is 17.0. The van der Waals surface area contributed by atoms with E-state index in [1.807, 2.05) is 0 Å². The smallest absolute Gasteiger partial charge is 0.282 e. The number of carbonyl (C=O) groups excluding carboxylic acids is 2. The van der Waals surface area contributed by atoms with Crippen molar-refractivity contribution in [3.05, 3.63) is 45.8 Å². The molecule has 0 saturated carbocycles. The molecule has 0 saturated heterocycles. The minimum Gasteiger partial charge on any atom is -0.496 e. The van der Waals surface area contributed by atoms with Gasteiger partial charge in [-0.2, -0.15) is 4.99 Å². The Balaban J connectivity index is 2.54. The van der Waals surface area contributed by atoms with Gasteiger partial charge < -0.3 is 4.74 Å². The van der Waals surface area contributed by atoms with E-state index in [2.05, 4.69) is 42.8 Å². The predicted molar refractivity (Wildman–Crippen MR) is 109 cm³/mol. The number of aryl methyl sites for hydroxylation is 1. The van der Waals surface area contributed by atoms with Crippen molar-refractivity contribution >= 4 is 23.2 Å². The van der Waals surface area contributed by atoms with Crippen LogP contribution in [0.2, 0.25) is 0 Å². The molecule has 0 spiro atoms. The Kier molecular flexibility index (Phi) is 6.76. The number of nitrogens with zero attached hydrogens (tertiary/aromatic N) is 2. The van der Waals surface area contributed by atoms with Gasteiger partial charge in [0.15, 0.2) is 5.78 Å². The first kappa shape index (κ1) is 21.1. The Bertz CT molecular complexity index is 901. The molecule has 1 aromatic heterocycles. The lowest BCUT2D eigenvalue weighted by Crippen LogP contribution is -2.18. The molecule has 2 aromatic rings. The van der Waals surface area contributed by atoms with Crippen molar-refractivity contribution in [2.24, 2.45) is 4.99 Å². The summed E-state index contributed by atoms with van der Waals surface area (Å²) in [4.78, 5) is 29.0. The lowest BCUT2D eigenvalue weighted by Gasteiger charge is -2.19. The largest absolute Gasteiger partial charge is 0.496 e. The quantitative estimate of drug-likeness (QED) is 0.680. The van der Waals surface area contributed by atoms with Gasteiger partial charge in [-0.25, -0.2) is 0 Å². The SMILES string of the molecule is CCCCc1cn(C(C)(C)C)sc1=NC(=O)c1cc(C(C)=O)ccc1OC. The molecule has 0 radical (unpaired) electrons. The topological polar surface area (TPSA) is 60.7 Å². The second kappa shape index (κ2) is 8.65. The van der Waals surface area contributed by atoms with E-state index in [-0.39, 0.29) is 11.3 Å². The van der Waals surface area contributed by atoms with Crippen LogP contribution in [0.5, 0.6) is 5.75 Å². The fourth-order valence-electron chi connectivity index (χ4n) is 2.58. The van der Waals surface area contributed by atoms with Crippen LogP contribution >= 0.6 is 11.5 Å². The van der Waals surface area contributed by atoms with E-state index in [1.165, 1.54) is 25.6 Å². The summed E-state index contributed by atoms with van der Waals surface area (Å²) in [5.74, 6) is -0.0724. The predicted octanol–water partition coefficient (Wildman–Crippen LogP) is 4.60. The normalized spacial score (nSPS) is 12.3. The molecule has 0 fully saturated rings. The summed E-state index contributed by atoms with van der Waals surface area (Å²) in [6, 6.07) is 4.86. The van der Waals surface area contributed by atoms with E-state index in [9.17, 15) is 9.59 Å². The number of ketones is 1. The molecule has 0 unspecified atom stereocenters. The molecule has 27 heavy (non-hydrogen) atoms. The first-order valence-corrected chi connectivity index (χ1v) is 9.95. The first-order valence-electron chi connectivity index (χ1n) is 9.17. The number of amides is 1. The van der Waals surface area contributed by atoms with Crippen molar-refractivity contribution in [2.45, 2.75) is 59.4 Å². The fourth-order valence-corrected chi connectivity index (χ4v) is 3.62. The van der Waals surface area contributed by atoms with Crippen molar-refractivity contribution in [3.63, 3.8) is 0 Å². The minimum atomic E-state index is -0.393. The summed E-state index contributed by atoms with van der Waals surface area (Å²) in [5.41, 5.74) is 1.78. The van der Waals surface area contributed by atoms with Crippen molar-refractivity contribution in [1.82, 2.24) is 3.96 Å². The Morgan fingerprint density at radius 3 is 2.52 bits per heavy atom. The van der Waals surface area contributed by atoms with Gasteiger partial charge >= 0.3 is 0 Å². The third-order valence-corrected chi connectivity index (χ3v) is 5.61. The molecule has 0 aliphatic rings. The molecule has 0 atom stereocenters. The third kappa shape index (κ3) is 5.16. The van der Waals surface area contributed by atoms with Crippen molar-refractivity contribution in [1.29, 1.82) is 0 Å². The van der Waals surface area contributed by atoms with Gasteiger partial charge in [0.1, 0.15) is 10.4 Å². The summed E-state index contributed by atoms with van der Waals surface area (Å²) in [6.07, 6.45) is 5.09. The minimum absolute atomic E-state index is 0.0747. The highest BCUT2D eigenvalue weighted by Crippen LogP contribution is 2.22. The van der Waals surface area contributed by atoms with Crippen molar-refractivity contribution in [2.75, 3.05) is 7.11 Å². The average Bonchev–Trinajstić information content (AvgIpc) is 3.02. The molecule has 0 aliphatic heterocycles. The van der Waals surface area contributed by atoms with Gasteiger partial charge in [-0.15, -0.1) is 0 Å². The number of rotatable bonds is 6. The Labute approximate surface area is 164 Å². The molecule has 146 valence electrons. The van der Waals surface area contributed by atoms with Crippen LogP contribution in [-0.2, 0) is 12.0 Å². The van der Waals surface area contributed by atoms with Gasteiger partial charge in [-0.05, 0) is 70.3 Å². The zero-order chi connectivity index (χ0) is 20.2. The fraction of sp³-hybridized carbons (Fsp3) is 0.476. The van der Waals surface area contributed by atoms with Crippen LogP contribution in [-0.4, -0.2) is 22.8 Å². The highest BCUT2D eigenvalue weighted by molar-refractivity contribution is 7.04. The molecule has 0 N–H and O–H groups in total. The molecule has 0 aliphatic carbocycles. The van der Waals surface area contributed by atoms with Gasteiger partial charge in [0.25, 0.3) is 5.91 Å². The summed E-state index contributed by atoms with van der Waals surface area (Å²) in [7, 11) is 1.50. The molecule has 1 aromatic carbocycles. The first-order chi connectivity index (χ1) is 12.7. The summed E-state index contributed by atoms with van der Waals surface area (Å²) < 4.78 is 8.15. The Hall–Kier alpha value is -2.21. The van der Waals surface area contributed by atoms with Crippen LogP contribution in [0.4, 0.5) is 0 Å². The van der Waals surface area contributed by atoms with Crippen LogP contribution in [0.1, 0.15) is 73.7 Å². The van der Waals surface area contributed by atoms with Gasteiger partial charge in [0, 0.05) is 22.9 Å². The second-order valence-electron chi connectivity index (χ2n) is 7.54. The number of ether oxygens (including phenoxy) is 1. The summed E-state index contributed by atoms with van der Waals surface area (Å²) >= 11 is 1.49. The van der Waals surface area contributed by atoms with Crippen LogP contribution in [0.15, 0.2) is 29.4 Å². The van der Waals surface area contributed by atoms with E-state index in [0.29, 0.717) is 16.9 Å². The molecular weight excluding hydrogens is 360 g/mol. The van der Waals surface area contributed by atoms with Crippen molar-refractivity contribution < 1.29 is 14.3 Å². The maximum atomic E-state index is 12.9. The number of Topliss-reactive ketones (excluding diaryl/α,β-unsaturated/α-hetero) is 1. The van der Waals surface area contributed by atoms with Crippen LogP contribution in [0, 0.1) is 0 Å². The van der Waals surface area contributed by atoms with E-state index < -0.39 is 5.91 Å². The number of aromatic nitrogens is 1. The van der Waals surface area contributed by atoms with E-state index in [0.717, 1.165) is 29.5 Å². The number of methoxy groups -OCH3 is 1. The van der Waals surface area contributed by atoms with Gasteiger partial charge in [0.05, 0.1) is 12.7 Å². The van der Waals surface area contributed by atoms with Gasteiger partial charge in [-0.3, -0.25) is 13.5 Å². The van der Waals surface area contributed by atoms with E-state index >= 15 is 0 Å². The second-order valence-corrected chi connectivity index (χ2v) is 8.50. The Morgan fingerprint density at radius 1 is 1.26 bits per heavy atom. The summed E-state index contributed by atoms with van der Waals surface area (Å²) in [6.45, 7) is 9.99. The number of carbonyl (C=O) groups is 2. The monoisotopic (exact) mass is 388 g/mol. The molecule has 5 nitrogen and oxygen atoms in total. The lowest BCUT2D eigenvalue weighted by atomic mass is 10.1. The molecular formula is C21H28N2O3S. The number of benzene rings is 1. The highest BCUT2D eigenvalue weighted by Gasteiger charge is 2.18. The summed E-state index contributed by atoms with van der Waals surface area (Å²) in [5, 5.41) is 0. The molecule has 6 heteroatoms.